The lowest BCUT2D eigenvalue weighted by molar-refractivity contribution is -0.274. The second-order valence-corrected chi connectivity index (χ2v) is 9.44. The lowest BCUT2D eigenvalue weighted by Gasteiger charge is -2.47. The Bertz CT molecular complexity index is 908. The highest BCUT2D eigenvalue weighted by Crippen LogP contribution is 2.50. The Balaban J connectivity index is 1.53. The number of alkyl halides is 3. The lowest BCUT2D eigenvalue weighted by atomic mass is 9.66. The summed E-state index contributed by atoms with van der Waals surface area (Å²) in [6.07, 6.45) is 2.17. The summed E-state index contributed by atoms with van der Waals surface area (Å²) in [7, 11) is 0. The minimum atomic E-state index is -4.69. The molecule has 0 radical (unpaired) electrons. The third-order valence-corrected chi connectivity index (χ3v) is 7.04. The van der Waals surface area contributed by atoms with E-state index in [2.05, 4.69) is 41.2 Å². The van der Waals surface area contributed by atoms with E-state index in [1.54, 1.807) is 12.1 Å². The van der Waals surface area contributed by atoms with E-state index in [4.69, 9.17) is 4.74 Å². The van der Waals surface area contributed by atoms with Crippen LogP contribution in [-0.2, 0) is 16.7 Å². The van der Waals surface area contributed by atoms with Crippen molar-refractivity contribution < 1.29 is 22.6 Å². The smallest absolute Gasteiger partial charge is 0.406 e. The van der Waals surface area contributed by atoms with Gasteiger partial charge in [-0.25, -0.2) is 0 Å². The fourth-order valence-electron chi connectivity index (χ4n) is 5.57. The highest BCUT2D eigenvalue weighted by atomic mass is 19.4. The minimum absolute atomic E-state index is 0.143. The zero-order chi connectivity index (χ0) is 22.7. The van der Waals surface area contributed by atoms with E-state index in [1.807, 2.05) is 6.07 Å². The van der Waals surface area contributed by atoms with Gasteiger partial charge in [0.15, 0.2) is 0 Å². The van der Waals surface area contributed by atoms with Crippen molar-refractivity contribution in [2.45, 2.75) is 75.8 Å². The Labute approximate surface area is 188 Å². The van der Waals surface area contributed by atoms with Gasteiger partial charge < -0.3 is 14.8 Å². The highest BCUT2D eigenvalue weighted by molar-refractivity contribution is 5.35. The number of hydrogen-bond acceptors (Lipinski definition) is 3. The summed E-state index contributed by atoms with van der Waals surface area (Å²) in [6, 6.07) is 15.0. The van der Waals surface area contributed by atoms with Crippen LogP contribution in [0.15, 0.2) is 48.5 Å². The van der Waals surface area contributed by atoms with Gasteiger partial charge in [-0.3, -0.25) is 0 Å². The topological polar surface area (TPSA) is 30.5 Å². The molecule has 6 heteroatoms. The van der Waals surface area contributed by atoms with E-state index in [9.17, 15) is 13.2 Å². The number of hydrogen-bond donors (Lipinski definition) is 1. The van der Waals surface area contributed by atoms with Crippen LogP contribution in [0.5, 0.6) is 5.75 Å². The van der Waals surface area contributed by atoms with Gasteiger partial charge in [-0.05, 0) is 68.8 Å². The molecule has 1 atom stereocenters. The molecule has 1 heterocycles. The van der Waals surface area contributed by atoms with Gasteiger partial charge >= 0.3 is 6.36 Å². The van der Waals surface area contributed by atoms with Gasteiger partial charge in [-0.15, -0.1) is 13.2 Å². The molecule has 174 valence electrons. The fourth-order valence-corrected chi connectivity index (χ4v) is 5.57. The third kappa shape index (κ3) is 5.65. The van der Waals surface area contributed by atoms with E-state index >= 15 is 0 Å². The molecule has 3 nitrogen and oxygen atoms in total. The Morgan fingerprint density at radius 1 is 1.03 bits per heavy atom. The van der Waals surface area contributed by atoms with Crippen LogP contribution in [-0.4, -0.2) is 25.1 Å². The maximum atomic E-state index is 12.8. The predicted octanol–water partition coefficient (Wildman–Crippen LogP) is 6.43. The third-order valence-electron chi connectivity index (χ3n) is 7.04. The van der Waals surface area contributed by atoms with E-state index in [1.165, 1.54) is 17.2 Å². The van der Waals surface area contributed by atoms with Crippen LogP contribution in [0.4, 0.5) is 13.2 Å². The largest absolute Gasteiger partial charge is 0.573 e. The van der Waals surface area contributed by atoms with Gasteiger partial charge in [0, 0.05) is 18.6 Å². The SMILES string of the molecule is Cc1cccc(CNCC[C@]2(c3cccc(OC(F)(F)F)c3)CCOC3(CCCC3)C2)c1. The van der Waals surface area contributed by atoms with Gasteiger partial charge in [-0.1, -0.05) is 54.8 Å². The Kier molecular flexibility index (Phi) is 6.82. The standard InChI is InChI=1S/C26H32F3NO2/c1-20-6-4-7-21(16-20)18-30-14-12-24(13-15-31-25(19-24)10-2-3-11-25)22-8-5-9-23(17-22)32-26(27,28)29/h4-9,16-17,30H,2-3,10-15,18-19H2,1H3/t24-/m0/s1. The van der Waals surface area contributed by atoms with Gasteiger partial charge in [0.2, 0.25) is 0 Å². The number of benzene rings is 2. The first kappa shape index (κ1) is 23.1. The molecule has 2 aromatic rings. The molecule has 1 saturated heterocycles. The molecule has 1 N–H and O–H groups in total. The second kappa shape index (κ2) is 9.44. The number of nitrogens with one attached hydrogen (secondary N) is 1. The predicted molar refractivity (Wildman–Crippen MR) is 119 cm³/mol. The van der Waals surface area contributed by atoms with Gasteiger partial charge in [0.25, 0.3) is 0 Å². The second-order valence-electron chi connectivity index (χ2n) is 9.44. The summed E-state index contributed by atoms with van der Waals surface area (Å²) in [5, 5.41) is 3.55. The monoisotopic (exact) mass is 447 g/mol. The normalized spacial score (nSPS) is 22.9. The van der Waals surface area contributed by atoms with Crippen molar-refractivity contribution in [3.8, 4) is 5.75 Å². The minimum Gasteiger partial charge on any atom is -0.406 e. The summed E-state index contributed by atoms with van der Waals surface area (Å²) >= 11 is 0. The van der Waals surface area contributed by atoms with Crippen LogP contribution in [0.2, 0.25) is 0 Å². The number of ether oxygens (including phenoxy) is 2. The van der Waals surface area contributed by atoms with Crippen LogP contribution in [0, 0.1) is 6.92 Å². The van der Waals surface area contributed by atoms with Crippen LogP contribution < -0.4 is 10.1 Å². The van der Waals surface area contributed by atoms with E-state index in [0.717, 1.165) is 63.6 Å². The van der Waals surface area contributed by atoms with Crippen molar-refractivity contribution in [3.05, 3.63) is 65.2 Å². The molecule has 1 aliphatic carbocycles. The van der Waals surface area contributed by atoms with Gasteiger partial charge in [0.1, 0.15) is 5.75 Å². The number of rotatable bonds is 7. The van der Waals surface area contributed by atoms with Crippen molar-refractivity contribution in [1.82, 2.24) is 5.32 Å². The Morgan fingerprint density at radius 3 is 2.56 bits per heavy atom. The fraction of sp³-hybridized carbons (Fsp3) is 0.538. The first-order valence-electron chi connectivity index (χ1n) is 11.5. The molecule has 0 aromatic heterocycles. The summed E-state index contributed by atoms with van der Waals surface area (Å²) in [5.74, 6) is -0.144. The maximum absolute atomic E-state index is 12.8. The van der Waals surface area contributed by atoms with Crippen molar-refractivity contribution in [2.24, 2.45) is 0 Å². The summed E-state index contributed by atoms with van der Waals surface area (Å²) in [6.45, 7) is 4.28. The number of aryl methyl sites for hydroxylation is 1. The summed E-state index contributed by atoms with van der Waals surface area (Å²) in [5.41, 5.74) is 3.02. The van der Waals surface area contributed by atoms with Crippen LogP contribution in [0.3, 0.4) is 0 Å². The molecule has 1 aliphatic heterocycles. The summed E-state index contributed by atoms with van der Waals surface area (Å²) in [4.78, 5) is 0. The maximum Gasteiger partial charge on any atom is 0.573 e. The molecule has 0 bridgehead atoms. The van der Waals surface area contributed by atoms with Crippen LogP contribution >= 0.6 is 0 Å². The Hall–Kier alpha value is -2.05. The quantitative estimate of drug-likeness (QED) is 0.496. The molecule has 0 amide bonds. The first-order chi connectivity index (χ1) is 15.3. The zero-order valence-corrected chi connectivity index (χ0v) is 18.6. The first-order valence-corrected chi connectivity index (χ1v) is 11.5. The van der Waals surface area contributed by atoms with E-state index in [-0.39, 0.29) is 16.8 Å². The van der Waals surface area contributed by atoms with Crippen LogP contribution in [0.25, 0.3) is 0 Å². The number of halogens is 3. The molecule has 1 spiro atoms. The van der Waals surface area contributed by atoms with Gasteiger partial charge in [0.05, 0.1) is 5.60 Å². The van der Waals surface area contributed by atoms with Crippen molar-refractivity contribution >= 4 is 0 Å². The molecule has 2 aliphatic rings. The Morgan fingerprint density at radius 2 is 1.81 bits per heavy atom. The van der Waals surface area contributed by atoms with Crippen molar-refractivity contribution in [2.75, 3.05) is 13.2 Å². The molecule has 2 aromatic carbocycles. The molecule has 32 heavy (non-hydrogen) atoms. The average Bonchev–Trinajstić information content (AvgIpc) is 3.17. The van der Waals surface area contributed by atoms with Crippen molar-refractivity contribution in [3.63, 3.8) is 0 Å². The molecule has 0 unspecified atom stereocenters. The molecule has 4 rings (SSSR count). The lowest BCUT2D eigenvalue weighted by Crippen LogP contribution is -2.47. The highest BCUT2D eigenvalue weighted by Gasteiger charge is 2.47. The van der Waals surface area contributed by atoms with Crippen molar-refractivity contribution in [1.29, 1.82) is 0 Å². The molecule has 1 saturated carbocycles. The van der Waals surface area contributed by atoms with Crippen LogP contribution in [0.1, 0.15) is 61.6 Å². The zero-order valence-electron chi connectivity index (χ0n) is 18.6. The molecular weight excluding hydrogens is 415 g/mol. The van der Waals surface area contributed by atoms with E-state index in [0.29, 0.717) is 6.61 Å². The average molecular weight is 448 g/mol. The molecule has 2 fully saturated rings. The summed E-state index contributed by atoms with van der Waals surface area (Å²) < 4.78 is 49.0. The van der Waals surface area contributed by atoms with E-state index < -0.39 is 6.36 Å². The van der Waals surface area contributed by atoms with Gasteiger partial charge in [-0.2, -0.15) is 0 Å². The molecular formula is C26H32F3NO2.